The van der Waals surface area contributed by atoms with Gasteiger partial charge in [0, 0.05) is 6.20 Å². The van der Waals surface area contributed by atoms with Gasteiger partial charge in [-0.2, -0.15) is 5.10 Å². The fourth-order valence-corrected chi connectivity index (χ4v) is 2.85. The second-order valence-corrected chi connectivity index (χ2v) is 6.31. The molecule has 0 unspecified atom stereocenters. The van der Waals surface area contributed by atoms with Gasteiger partial charge in [0.05, 0.1) is 30.9 Å². The zero-order chi connectivity index (χ0) is 17.2. The number of sulfonamides is 1. The third-order valence-electron chi connectivity index (χ3n) is 3.03. The number of carbonyl (C=O) groups is 1. The molecule has 24 heavy (non-hydrogen) atoms. The van der Waals surface area contributed by atoms with E-state index in [-0.39, 0.29) is 10.6 Å². The molecule has 1 aromatic carbocycles. The van der Waals surface area contributed by atoms with Crippen molar-refractivity contribution in [2.24, 2.45) is 0 Å². The van der Waals surface area contributed by atoms with Gasteiger partial charge in [-0.3, -0.25) is 9.82 Å². The van der Waals surface area contributed by atoms with Gasteiger partial charge in [0.25, 0.3) is 10.0 Å². The first-order valence-corrected chi connectivity index (χ1v) is 8.10. The average Bonchev–Trinajstić information content (AvgIpc) is 3.25. The van der Waals surface area contributed by atoms with Gasteiger partial charge in [-0.05, 0) is 18.2 Å². The molecule has 10 nitrogen and oxygen atoms in total. The Labute approximate surface area is 136 Å². The van der Waals surface area contributed by atoms with E-state index in [0.717, 1.165) is 0 Å². The highest BCUT2D eigenvalue weighted by atomic mass is 32.2. The highest BCUT2D eigenvalue weighted by molar-refractivity contribution is 7.92. The molecule has 2 N–H and O–H groups in total. The first-order chi connectivity index (χ1) is 11.5. The third-order valence-corrected chi connectivity index (χ3v) is 4.38. The number of nitrogens with zero attached hydrogens (tertiary/aromatic N) is 4. The van der Waals surface area contributed by atoms with E-state index in [4.69, 9.17) is 0 Å². The second-order valence-electron chi connectivity index (χ2n) is 4.63. The minimum atomic E-state index is -3.74. The van der Waals surface area contributed by atoms with Gasteiger partial charge in [0.15, 0.2) is 5.69 Å². The van der Waals surface area contributed by atoms with Crippen LogP contribution in [-0.4, -0.2) is 46.7 Å². The number of hydrogen-bond donors (Lipinski definition) is 2. The van der Waals surface area contributed by atoms with E-state index in [1.807, 2.05) is 0 Å². The molecule has 0 saturated carbocycles. The molecule has 11 heteroatoms. The largest absolute Gasteiger partial charge is 0.464 e. The Balaban J connectivity index is 1.87. The first kappa shape index (κ1) is 15.7. The van der Waals surface area contributed by atoms with Crippen LogP contribution in [0, 0.1) is 0 Å². The van der Waals surface area contributed by atoms with Crippen LogP contribution in [0.1, 0.15) is 10.5 Å². The Morgan fingerprint density at radius 1 is 1.38 bits per heavy atom. The normalized spacial score (nSPS) is 11.2. The maximum atomic E-state index is 12.2. The van der Waals surface area contributed by atoms with Crippen molar-refractivity contribution in [3.8, 4) is 5.69 Å². The number of aromatic nitrogens is 5. The van der Waals surface area contributed by atoms with Crippen molar-refractivity contribution in [2.75, 3.05) is 11.8 Å². The molecule has 2 aromatic heterocycles. The van der Waals surface area contributed by atoms with Crippen LogP contribution in [-0.2, 0) is 14.8 Å². The molecule has 3 rings (SSSR count). The summed E-state index contributed by atoms with van der Waals surface area (Å²) in [6.45, 7) is 0. The number of hydrogen-bond acceptors (Lipinski definition) is 7. The molecule has 0 amide bonds. The van der Waals surface area contributed by atoms with E-state index in [1.54, 1.807) is 24.3 Å². The first-order valence-electron chi connectivity index (χ1n) is 6.62. The van der Waals surface area contributed by atoms with E-state index in [0.29, 0.717) is 11.4 Å². The van der Waals surface area contributed by atoms with Gasteiger partial charge in [-0.25, -0.2) is 17.9 Å². The van der Waals surface area contributed by atoms with Gasteiger partial charge in [-0.15, -0.1) is 5.10 Å². The number of nitrogens with one attached hydrogen (secondary N) is 2. The van der Waals surface area contributed by atoms with Crippen molar-refractivity contribution >= 4 is 21.7 Å². The molecule has 0 radical (unpaired) electrons. The predicted octanol–water partition coefficient (Wildman–Crippen LogP) is 0.578. The minimum Gasteiger partial charge on any atom is -0.464 e. The Bertz CT molecular complexity index is 964. The Morgan fingerprint density at radius 2 is 2.21 bits per heavy atom. The summed E-state index contributed by atoms with van der Waals surface area (Å²) in [6.07, 6.45) is 3.86. The summed E-state index contributed by atoms with van der Waals surface area (Å²) in [5.74, 6) is -0.613. The third kappa shape index (κ3) is 3.10. The summed E-state index contributed by atoms with van der Waals surface area (Å²) in [7, 11) is -2.50. The van der Waals surface area contributed by atoms with Gasteiger partial charge in [0.2, 0.25) is 0 Å². The van der Waals surface area contributed by atoms with Gasteiger partial charge in [0.1, 0.15) is 4.90 Å². The summed E-state index contributed by atoms with van der Waals surface area (Å²) >= 11 is 0. The van der Waals surface area contributed by atoms with Gasteiger partial charge < -0.3 is 4.74 Å². The number of benzene rings is 1. The van der Waals surface area contributed by atoms with Crippen LogP contribution in [0.2, 0.25) is 0 Å². The van der Waals surface area contributed by atoms with Crippen LogP contribution in [0.15, 0.2) is 47.8 Å². The van der Waals surface area contributed by atoms with Crippen LogP contribution >= 0.6 is 0 Å². The molecule has 0 aliphatic carbocycles. The van der Waals surface area contributed by atoms with E-state index in [1.165, 1.54) is 30.4 Å². The Kier molecular flexibility index (Phi) is 4.00. The Hall–Kier alpha value is -3.21. The fraction of sp³-hybridized carbons (Fsp3) is 0.0769. The lowest BCUT2D eigenvalue weighted by Gasteiger charge is -2.07. The summed E-state index contributed by atoms with van der Waals surface area (Å²) in [6, 6.07) is 6.46. The van der Waals surface area contributed by atoms with E-state index in [9.17, 15) is 13.2 Å². The van der Waals surface area contributed by atoms with E-state index >= 15 is 0 Å². The smallest absolute Gasteiger partial charge is 0.360 e. The number of rotatable bonds is 5. The average molecular weight is 348 g/mol. The minimum absolute atomic E-state index is 0.0154. The van der Waals surface area contributed by atoms with Crippen molar-refractivity contribution < 1.29 is 17.9 Å². The summed E-state index contributed by atoms with van der Waals surface area (Å²) in [5, 5.41) is 13.6. The van der Waals surface area contributed by atoms with Crippen molar-refractivity contribution in [1.82, 2.24) is 25.2 Å². The number of methoxy groups -OCH3 is 1. The van der Waals surface area contributed by atoms with Crippen LogP contribution in [0.3, 0.4) is 0 Å². The summed E-state index contributed by atoms with van der Waals surface area (Å²) in [4.78, 5) is 11.4. The number of esters is 1. The molecule has 0 saturated heterocycles. The van der Waals surface area contributed by atoms with Crippen molar-refractivity contribution in [1.29, 1.82) is 0 Å². The lowest BCUT2D eigenvalue weighted by atomic mass is 10.3. The van der Waals surface area contributed by atoms with Gasteiger partial charge >= 0.3 is 5.97 Å². The van der Waals surface area contributed by atoms with Crippen LogP contribution in [0.25, 0.3) is 5.69 Å². The second kappa shape index (κ2) is 6.12. The van der Waals surface area contributed by atoms with Crippen molar-refractivity contribution in [2.45, 2.75) is 4.90 Å². The summed E-state index contributed by atoms with van der Waals surface area (Å²) < 4.78 is 32.7. The van der Waals surface area contributed by atoms with Crippen LogP contribution in [0.4, 0.5) is 5.69 Å². The van der Waals surface area contributed by atoms with Crippen LogP contribution in [0.5, 0.6) is 0 Å². The number of carbonyl (C=O) groups excluding carboxylic acids is 1. The number of H-pyrrole nitrogens is 1. The fourth-order valence-electron chi connectivity index (χ4n) is 1.90. The number of aromatic amines is 1. The van der Waals surface area contributed by atoms with Crippen molar-refractivity contribution in [3.05, 3.63) is 48.5 Å². The molecule has 3 aromatic rings. The maximum absolute atomic E-state index is 12.2. The standard InChI is InChI=1S/C13H12N6O4S/c1-23-13(20)12-8-19(18-16-12)10-4-2-3-9(5-10)17-24(21,22)11-6-14-15-7-11/h2-8,17H,1H3,(H,14,15). The molecule has 0 bridgehead atoms. The molecule has 2 heterocycles. The molecular formula is C13H12N6O4S. The topological polar surface area (TPSA) is 132 Å². The number of anilines is 1. The monoisotopic (exact) mass is 348 g/mol. The molecule has 0 fully saturated rings. The van der Waals surface area contributed by atoms with Crippen molar-refractivity contribution in [3.63, 3.8) is 0 Å². The SMILES string of the molecule is COC(=O)c1cn(-c2cccc(NS(=O)(=O)c3cn[nH]c3)c2)nn1. The summed E-state index contributed by atoms with van der Waals surface area (Å²) in [5.41, 5.74) is 0.885. The molecule has 0 aliphatic rings. The zero-order valence-electron chi connectivity index (χ0n) is 12.4. The highest BCUT2D eigenvalue weighted by Gasteiger charge is 2.16. The van der Waals surface area contributed by atoms with E-state index in [2.05, 4.69) is 30.0 Å². The number of ether oxygens (including phenoxy) is 1. The lowest BCUT2D eigenvalue weighted by Crippen LogP contribution is -2.12. The molecule has 0 atom stereocenters. The van der Waals surface area contributed by atoms with Gasteiger partial charge in [-0.1, -0.05) is 11.3 Å². The molecule has 0 spiro atoms. The predicted molar refractivity (Wildman–Crippen MR) is 82.1 cm³/mol. The molecule has 0 aliphatic heterocycles. The van der Waals surface area contributed by atoms with E-state index < -0.39 is 16.0 Å². The lowest BCUT2D eigenvalue weighted by molar-refractivity contribution is 0.0594. The zero-order valence-corrected chi connectivity index (χ0v) is 13.2. The maximum Gasteiger partial charge on any atom is 0.360 e. The Morgan fingerprint density at radius 3 is 2.92 bits per heavy atom. The van der Waals surface area contributed by atoms with Crippen LogP contribution < -0.4 is 4.72 Å². The highest BCUT2D eigenvalue weighted by Crippen LogP contribution is 2.18. The molecular weight excluding hydrogens is 336 g/mol. The molecule has 124 valence electrons. The quantitative estimate of drug-likeness (QED) is 0.644.